The Morgan fingerprint density at radius 2 is 2.12 bits per heavy atom. The van der Waals surface area contributed by atoms with Crippen molar-refractivity contribution < 1.29 is 4.79 Å². The second kappa shape index (κ2) is 6.15. The second-order valence-corrected chi connectivity index (χ2v) is 5.94. The van der Waals surface area contributed by atoms with Gasteiger partial charge < -0.3 is 4.90 Å². The van der Waals surface area contributed by atoms with Crippen LogP contribution in [0.2, 0.25) is 0 Å². The van der Waals surface area contributed by atoms with Crippen LogP contribution < -0.4 is 0 Å². The summed E-state index contributed by atoms with van der Waals surface area (Å²) in [5.41, 5.74) is 2.44. The molecule has 0 N–H and O–H groups in total. The van der Waals surface area contributed by atoms with Crippen LogP contribution in [0.25, 0.3) is 0 Å². The molecule has 0 aliphatic rings. The molecule has 0 bridgehead atoms. The van der Waals surface area contributed by atoms with Gasteiger partial charge >= 0.3 is 0 Å². The van der Waals surface area contributed by atoms with E-state index >= 15 is 0 Å². The summed E-state index contributed by atoms with van der Waals surface area (Å²) in [4.78, 5) is 18.6. The number of hydrogen-bond donors (Lipinski definition) is 0. The normalized spacial score (nSPS) is 12.3. The summed E-state index contributed by atoms with van der Waals surface area (Å²) in [5, 5.41) is 0. The molecule has 0 aliphatic carbocycles. The molecule has 3 nitrogen and oxygen atoms in total. The summed E-state index contributed by atoms with van der Waals surface area (Å²) in [7, 11) is 1.83. The number of carbonyl (C=O) groups excluding carboxylic acids is 1. The first-order chi connectivity index (χ1) is 7.91. The summed E-state index contributed by atoms with van der Waals surface area (Å²) < 4.78 is 0. The minimum absolute atomic E-state index is 0.0446. The number of amides is 1. The van der Waals surface area contributed by atoms with Gasteiger partial charge in [0.15, 0.2) is 0 Å². The smallest absolute Gasteiger partial charge is 0.255 e. The van der Waals surface area contributed by atoms with Crippen LogP contribution in [0.4, 0.5) is 0 Å². The molecule has 17 heavy (non-hydrogen) atoms. The minimum Gasteiger partial charge on any atom is -0.342 e. The predicted octanol–water partition coefficient (Wildman–Crippen LogP) is 2.94. The van der Waals surface area contributed by atoms with Gasteiger partial charge in [0, 0.05) is 24.1 Å². The molecule has 1 atom stereocenters. The van der Waals surface area contributed by atoms with Gasteiger partial charge in [-0.25, -0.2) is 0 Å². The predicted molar refractivity (Wildman–Crippen MR) is 73.7 cm³/mol. The quantitative estimate of drug-likeness (QED) is 0.801. The second-order valence-electron chi connectivity index (χ2n) is 4.38. The van der Waals surface area contributed by atoms with E-state index in [9.17, 15) is 4.79 Å². The summed E-state index contributed by atoms with van der Waals surface area (Å²) in [6.07, 6.45) is 0.945. The first-order valence-corrected chi connectivity index (χ1v) is 6.67. The zero-order valence-electron chi connectivity index (χ0n) is 10.8. The van der Waals surface area contributed by atoms with Crippen molar-refractivity contribution in [3.63, 3.8) is 0 Å². The van der Waals surface area contributed by atoms with E-state index in [0.29, 0.717) is 10.4 Å². The Bertz CT molecular complexity index is 404. The standard InChI is InChI=1S/C13H19BrN2O/c1-9(14)7-8-16(4)13(17)12-6-5-10(2)15-11(12)3/h5-6,9H,7-8H2,1-4H3. The third kappa shape index (κ3) is 4.11. The van der Waals surface area contributed by atoms with Gasteiger partial charge in [-0.15, -0.1) is 0 Å². The van der Waals surface area contributed by atoms with Crippen LogP contribution in [0.1, 0.15) is 35.1 Å². The van der Waals surface area contributed by atoms with Gasteiger partial charge in [-0.2, -0.15) is 0 Å². The lowest BCUT2D eigenvalue weighted by atomic mass is 10.1. The molecule has 1 heterocycles. The molecule has 1 aromatic heterocycles. The van der Waals surface area contributed by atoms with E-state index in [1.165, 1.54) is 0 Å². The molecule has 0 radical (unpaired) electrons. The molecule has 4 heteroatoms. The number of pyridine rings is 1. The van der Waals surface area contributed by atoms with Gasteiger partial charge in [0.1, 0.15) is 0 Å². The fourth-order valence-electron chi connectivity index (χ4n) is 1.59. The molecule has 94 valence electrons. The van der Waals surface area contributed by atoms with Crippen molar-refractivity contribution in [1.29, 1.82) is 0 Å². The van der Waals surface area contributed by atoms with Crippen molar-refractivity contribution in [1.82, 2.24) is 9.88 Å². The lowest BCUT2D eigenvalue weighted by Gasteiger charge is -2.18. The molecule has 0 aromatic carbocycles. The van der Waals surface area contributed by atoms with E-state index < -0.39 is 0 Å². The van der Waals surface area contributed by atoms with Crippen LogP contribution >= 0.6 is 15.9 Å². The molecule has 0 spiro atoms. The maximum Gasteiger partial charge on any atom is 0.255 e. The number of aromatic nitrogens is 1. The molecular formula is C13H19BrN2O. The number of rotatable bonds is 4. The van der Waals surface area contributed by atoms with Crippen LogP contribution in [0, 0.1) is 13.8 Å². The Hall–Kier alpha value is -0.900. The zero-order valence-corrected chi connectivity index (χ0v) is 12.4. The largest absolute Gasteiger partial charge is 0.342 e. The maximum absolute atomic E-state index is 12.2. The topological polar surface area (TPSA) is 33.2 Å². The van der Waals surface area contributed by atoms with Gasteiger partial charge in [0.25, 0.3) is 5.91 Å². The van der Waals surface area contributed by atoms with E-state index in [4.69, 9.17) is 0 Å². The van der Waals surface area contributed by atoms with Crippen molar-refractivity contribution in [3.05, 3.63) is 29.1 Å². The average molecular weight is 299 g/mol. The average Bonchev–Trinajstić information content (AvgIpc) is 2.25. The molecule has 1 unspecified atom stereocenters. The number of hydrogen-bond acceptors (Lipinski definition) is 2. The fraction of sp³-hybridized carbons (Fsp3) is 0.538. The molecule has 0 saturated carbocycles. The summed E-state index contributed by atoms with van der Waals surface area (Å²) >= 11 is 3.48. The van der Waals surface area contributed by atoms with E-state index in [1.807, 2.05) is 33.0 Å². The van der Waals surface area contributed by atoms with Gasteiger partial charge in [-0.3, -0.25) is 9.78 Å². The first kappa shape index (κ1) is 14.2. The lowest BCUT2D eigenvalue weighted by Crippen LogP contribution is -2.29. The highest BCUT2D eigenvalue weighted by Crippen LogP contribution is 2.11. The van der Waals surface area contributed by atoms with Gasteiger partial charge in [-0.1, -0.05) is 22.9 Å². The molecule has 0 aliphatic heterocycles. The highest BCUT2D eigenvalue weighted by molar-refractivity contribution is 9.09. The van der Waals surface area contributed by atoms with Gasteiger partial charge in [-0.05, 0) is 32.4 Å². The Morgan fingerprint density at radius 3 is 2.65 bits per heavy atom. The van der Waals surface area contributed by atoms with Crippen molar-refractivity contribution in [2.75, 3.05) is 13.6 Å². The SMILES string of the molecule is Cc1ccc(C(=O)N(C)CCC(C)Br)c(C)n1. The van der Waals surface area contributed by atoms with Crippen molar-refractivity contribution >= 4 is 21.8 Å². The Labute approximate surface area is 111 Å². The van der Waals surface area contributed by atoms with Crippen LogP contribution in [-0.4, -0.2) is 34.2 Å². The molecule has 0 saturated heterocycles. The molecule has 1 aromatic rings. The first-order valence-electron chi connectivity index (χ1n) is 5.75. The van der Waals surface area contributed by atoms with E-state index in [-0.39, 0.29) is 5.91 Å². The molecule has 1 amide bonds. The zero-order chi connectivity index (χ0) is 13.0. The minimum atomic E-state index is 0.0446. The highest BCUT2D eigenvalue weighted by Gasteiger charge is 2.15. The van der Waals surface area contributed by atoms with Crippen molar-refractivity contribution in [2.24, 2.45) is 0 Å². The van der Waals surface area contributed by atoms with Crippen LogP contribution in [0.15, 0.2) is 12.1 Å². The van der Waals surface area contributed by atoms with Crippen LogP contribution in [0.3, 0.4) is 0 Å². The van der Waals surface area contributed by atoms with E-state index in [0.717, 1.165) is 24.4 Å². The maximum atomic E-state index is 12.2. The van der Waals surface area contributed by atoms with Crippen LogP contribution in [0.5, 0.6) is 0 Å². The van der Waals surface area contributed by atoms with Crippen molar-refractivity contribution in [3.8, 4) is 0 Å². The third-order valence-corrected chi connectivity index (χ3v) is 3.12. The highest BCUT2D eigenvalue weighted by atomic mass is 79.9. The van der Waals surface area contributed by atoms with Gasteiger partial charge in [0.05, 0.1) is 11.3 Å². The third-order valence-electron chi connectivity index (χ3n) is 2.66. The summed E-state index contributed by atoms with van der Waals surface area (Å²) in [5.74, 6) is 0.0446. The number of nitrogens with zero attached hydrogens (tertiary/aromatic N) is 2. The number of aryl methyl sites for hydroxylation is 2. The molecule has 1 rings (SSSR count). The number of halogens is 1. The van der Waals surface area contributed by atoms with Crippen LogP contribution in [-0.2, 0) is 0 Å². The summed E-state index contributed by atoms with van der Waals surface area (Å²) in [6.45, 7) is 6.63. The Kier molecular flexibility index (Phi) is 5.12. The Balaban J connectivity index is 2.75. The molecular weight excluding hydrogens is 280 g/mol. The lowest BCUT2D eigenvalue weighted by molar-refractivity contribution is 0.0793. The number of alkyl halides is 1. The fourth-order valence-corrected chi connectivity index (χ4v) is 1.80. The number of carbonyl (C=O) groups is 1. The van der Waals surface area contributed by atoms with Gasteiger partial charge in [0.2, 0.25) is 0 Å². The Morgan fingerprint density at radius 1 is 1.47 bits per heavy atom. The monoisotopic (exact) mass is 298 g/mol. The molecule has 0 fully saturated rings. The van der Waals surface area contributed by atoms with E-state index in [2.05, 4.69) is 27.8 Å². The summed E-state index contributed by atoms with van der Waals surface area (Å²) in [6, 6.07) is 3.73. The van der Waals surface area contributed by atoms with Crippen molar-refractivity contribution in [2.45, 2.75) is 32.0 Å². The van der Waals surface area contributed by atoms with E-state index in [1.54, 1.807) is 4.90 Å².